The molecule has 0 atom stereocenters. The Labute approximate surface area is 107 Å². The molecule has 96 valence electrons. The summed E-state index contributed by atoms with van der Waals surface area (Å²) in [6, 6.07) is 1.57. The van der Waals surface area contributed by atoms with Crippen molar-refractivity contribution in [2.45, 2.75) is 20.4 Å². The van der Waals surface area contributed by atoms with E-state index in [9.17, 15) is 9.59 Å². The van der Waals surface area contributed by atoms with Gasteiger partial charge in [-0.25, -0.2) is 5.84 Å². The Morgan fingerprint density at radius 1 is 1.56 bits per heavy atom. The smallest absolute Gasteiger partial charge is 0.307 e. The molecule has 0 fully saturated rings. The van der Waals surface area contributed by atoms with Crippen LogP contribution in [0.2, 0.25) is 0 Å². The van der Waals surface area contributed by atoms with Crippen LogP contribution in [-0.4, -0.2) is 10.5 Å². The van der Waals surface area contributed by atoms with Crippen molar-refractivity contribution in [2.75, 3.05) is 0 Å². The molecule has 3 N–H and O–H groups in total. The maximum absolute atomic E-state index is 11.7. The van der Waals surface area contributed by atoms with Gasteiger partial charge in [-0.1, -0.05) is 11.3 Å². The number of aromatic nitrogens is 1. The van der Waals surface area contributed by atoms with Crippen molar-refractivity contribution in [1.82, 2.24) is 9.99 Å². The van der Waals surface area contributed by atoms with Gasteiger partial charge in [0, 0.05) is 10.6 Å². The average molecular weight is 267 g/mol. The molecule has 6 nitrogen and oxygen atoms in total. The van der Waals surface area contributed by atoms with Crippen LogP contribution in [-0.2, 0) is 6.54 Å². The number of nitrogens with zero attached hydrogens (tertiary/aromatic N) is 1. The van der Waals surface area contributed by atoms with Gasteiger partial charge in [0.25, 0.3) is 5.91 Å². The quantitative estimate of drug-likeness (QED) is 0.488. The molecule has 1 amide bonds. The molecule has 0 unspecified atom stereocenters. The largest absolute Gasteiger partial charge is 0.467 e. The molecule has 2 aromatic heterocycles. The molecule has 18 heavy (non-hydrogen) atoms. The lowest BCUT2D eigenvalue weighted by atomic mass is 10.3. The SMILES string of the molecule is Cc1sc(=O)n(Cc2cc(C(=O)NN)co2)c1C. The molecule has 0 aromatic carbocycles. The molecule has 2 rings (SSSR count). The Kier molecular flexibility index (Phi) is 3.35. The Balaban J connectivity index is 2.27. The van der Waals surface area contributed by atoms with Gasteiger partial charge in [0.2, 0.25) is 0 Å². The van der Waals surface area contributed by atoms with Gasteiger partial charge in [-0.05, 0) is 19.9 Å². The van der Waals surface area contributed by atoms with Crippen LogP contribution in [0.25, 0.3) is 0 Å². The minimum atomic E-state index is -0.421. The summed E-state index contributed by atoms with van der Waals surface area (Å²) in [6.07, 6.45) is 1.32. The second-order valence-electron chi connectivity index (χ2n) is 3.87. The van der Waals surface area contributed by atoms with Gasteiger partial charge < -0.3 is 4.42 Å². The van der Waals surface area contributed by atoms with Crippen molar-refractivity contribution < 1.29 is 9.21 Å². The lowest BCUT2D eigenvalue weighted by molar-refractivity contribution is 0.0953. The van der Waals surface area contributed by atoms with E-state index in [-0.39, 0.29) is 4.87 Å². The number of hydrogen-bond donors (Lipinski definition) is 2. The number of nitrogen functional groups attached to an aromatic ring is 1. The van der Waals surface area contributed by atoms with E-state index in [1.165, 1.54) is 17.6 Å². The molecular weight excluding hydrogens is 254 g/mol. The number of carbonyl (C=O) groups is 1. The Bertz CT molecular complexity index is 638. The number of hydrogen-bond acceptors (Lipinski definition) is 5. The fraction of sp³-hybridized carbons (Fsp3) is 0.273. The normalized spacial score (nSPS) is 10.6. The number of thiazole rings is 1. The number of nitrogens with one attached hydrogen (secondary N) is 1. The standard InChI is InChI=1S/C11H13N3O3S/c1-6-7(2)18-11(16)14(6)4-9-3-8(5-17-9)10(15)13-12/h3,5H,4,12H2,1-2H3,(H,13,15). The first-order valence-electron chi connectivity index (χ1n) is 5.28. The van der Waals surface area contributed by atoms with Gasteiger partial charge in [0.1, 0.15) is 12.0 Å². The molecule has 2 heterocycles. The summed E-state index contributed by atoms with van der Waals surface area (Å²) in [5.74, 6) is 5.14. The van der Waals surface area contributed by atoms with Gasteiger partial charge in [0.15, 0.2) is 0 Å². The molecule has 0 radical (unpaired) electrons. The van der Waals surface area contributed by atoms with E-state index in [2.05, 4.69) is 0 Å². The van der Waals surface area contributed by atoms with Gasteiger partial charge >= 0.3 is 4.87 Å². The highest BCUT2D eigenvalue weighted by molar-refractivity contribution is 7.09. The highest BCUT2D eigenvalue weighted by atomic mass is 32.1. The zero-order valence-corrected chi connectivity index (χ0v) is 10.8. The fourth-order valence-corrected chi connectivity index (χ4v) is 2.42. The van der Waals surface area contributed by atoms with E-state index in [4.69, 9.17) is 10.3 Å². The van der Waals surface area contributed by atoms with Gasteiger partial charge in [-0.2, -0.15) is 0 Å². The Morgan fingerprint density at radius 2 is 2.28 bits per heavy atom. The van der Waals surface area contributed by atoms with Gasteiger partial charge in [-0.3, -0.25) is 19.6 Å². The molecule has 0 aliphatic carbocycles. The summed E-state index contributed by atoms with van der Waals surface area (Å²) in [5.41, 5.74) is 3.27. The first-order chi connectivity index (χ1) is 8.52. The van der Waals surface area contributed by atoms with E-state index in [0.29, 0.717) is 17.9 Å². The average Bonchev–Trinajstić information content (AvgIpc) is 2.90. The Hall–Kier alpha value is -1.86. The van der Waals surface area contributed by atoms with E-state index in [0.717, 1.165) is 10.6 Å². The number of carbonyl (C=O) groups excluding carboxylic acids is 1. The number of amides is 1. The highest BCUT2D eigenvalue weighted by Crippen LogP contribution is 2.14. The predicted molar refractivity (Wildman–Crippen MR) is 67.5 cm³/mol. The van der Waals surface area contributed by atoms with E-state index in [1.54, 1.807) is 10.6 Å². The number of nitrogens with two attached hydrogens (primary N) is 1. The predicted octanol–water partition coefficient (Wildman–Crippen LogP) is 0.771. The molecule has 0 bridgehead atoms. The molecule has 7 heteroatoms. The molecule has 0 aliphatic rings. The third-order valence-corrected chi connectivity index (χ3v) is 3.73. The van der Waals surface area contributed by atoms with E-state index in [1.807, 2.05) is 19.3 Å². The molecular formula is C11H13N3O3S. The van der Waals surface area contributed by atoms with Crippen LogP contribution in [0.1, 0.15) is 26.7 Å². The molecule has 0 saturated heterocycles. The first kappa shape index (κ1) is 12.6. The highest BCUT2D eigenvalue weighted by Gasteiger charge is 2.12. The third kappa shape index (κ3) is 2.22. The van der Waals surface area contributed by atoms with E-state index >= 15 is 0 Å². The van der Waals surface area contributed by atoms with Gasteiger partial charge in [-0.15, -0.1) is 0 Å². The van der Waals surface area contributed by atoms with Crippen LogP contribution in [0.15, 0.2) is 21.5 Å². The molecule has 2 aromatic rings. The topological polar surface area (TPSA) is 90.3 Å². The lowest BCUT2D eigenvalue weighted by Crippen LogP contribution is -2.29. The van der Waals surface area contributed by atoms with Crippen LogP contribution in [0.3, 0.4) is 0 Å². The minimum absolute atomic E-state index is 0.0359. The second-order valence-corrected chi connectivity index (χ2v) is 5.04. The molecule has 0 spiro atoms. The second kappa shape index (κ2) is 4.79. The number of hydrazine groups is 1. The zero-order chi connectivity index (χ0) is 13.3. The summed E-state index contributed by atoms with van der Waals surface area (Å²) >= 11 is 1.20. The van der Waals surface area contributed by atoms with Crippen molar-refractivity contribution >= 4 is 17.2 Å². The maximum Gasteiger partial charge on any atom is 0.307 e. The lowest BCUT2D eigenvalue weighted by Gasteiger charge is -2.01. The van der Waals surface area contributed by atoms with E-state index < -0.39 is 5.91 Å². The van der Waals surface area contributed by atoms with Crippen LogP contribution < -0.4 is 16.1 Å². The van der Waals surface area contributed by atoms with Crippen molar-refractivity contribution in [3.63, 3.8) is 0 Å². The number of rotatable bonds is 3. The first-order valence-corrected chi connectivity index (χ1v) is 6.09. The monoisotopic (exact) mass is 267 g/mol. The van der Waals surface area contributed by atoms with Crippen LogP contribution in [0.5, 0.6) is 0 Å². The van der Waals surface area contributed by atoms with Crippen molar-refractivity contribution in [3.8, 4) is 0 Å². The van der Waals surface area contributed by atoms with Crippen molar-refractivity contribution in [2.24, 2.45) is 5.84 Å². The van der Waals surface area contributed by atoms with Crippen LogP contribution in [0, 0.1) is 13.8 Å². The summed E-state index contributed by atoms with van der Waals surface area (Å²) in [6.45, 7) is 4.09. The zero-order valence-electron chi connectivity index (χ0n) is 10.0. The maximum atomic E-state index is 11.7. The third-order valence-electron chi connectivity index (χ3n) is 2.74. The fourth-order valence-electron chi connectivity index (χ4n) is 1.59. The van der Waals surface area contributed by atoms with Crippen molar-refractivity contribution in [1.29, 1.82) is 0 Å². The molecule has 0 saturated carbocycles. The van der Waals surface area contributed by atoms with Crippen LogP contribution >= 0.6 is 11.3 Å². The van der Waals surface area contributed by atoms with Gasteiger partial charge in [0.05, 0.1) is 12.1 Å². The van der Waals surface area contributed by atoms with Crippen molar-refractivity contribution in [3.05, 3.63) is 43.9 Å². The summed E-state index contributed by atoms with van der Waals surface area (Å²) in [5, 5.41) is 0. The number of aryl methyl sites for hydroxylation is 1. The minimum Gasteiger partial charge on any atom is -0.467 e. The Morgan fingerprint density at radius 3 is 2.83 bits per heavy atom. The molecule has 0 aliphatic heterocycles. The summed E-state index contributed by atoms with van der Waals surface area (Å²) < 4.78 is 6.85. The summed E-state index contributed by atoms with van der Waals surface area (Å²) in [7, 11) is 0. The van der Waals surface area contributed by atoms with Crippen LogP contribution in [0.4, 0.5) is 0 Å². The summed E-state index contributed by atoms with van der Waals surface area (Å²) in [4.78, 5) is 23.9. The number of furan rings is 1.